The van der Waals surface area contributed by atoms with Gasteiger partial charge in [-0.2, -0.15) is 0 Å². The highest BCUT2D eigenvalue weighted by atomic mass is 16.5. The molecule has 0 spiro atoms. The van der Waals surface area contributed by atoms with Gasteiger partial charge in [0.15, 0.2) is 0 Å². The van der Waals surface area contributed by atoms with Crippen molar-refractivity contribution in [1.82, 2.24) is 15.3 Å². The number of nitrogens with one attached hydrogen (secondary N) is 3. The Balaban J connectivity index is 1.42. The van der Waals surface area contributed by atoms with E-state index in [9.17, 15) is 14.4 Å². The van der Waals surface area contributed by atoms with Crippen molar-refractivity contribution in [1.29, 1.82) is 0 Å². The number of hydrogen-bond donors (Lipinski definition) is 4. The number of nitrogen functional groups attached to an aromatic ring is 1. The van der Waals surface area contributed by atoms with E-state index in [1.807, 2.05) is 31.2 Å². The van der Waals surface area contributed by atoms with Crippen LogP contribution in [0.15, 0.2) is 65.6 Å². The number of methoxy groups -OCH3 is 1. The number of anilines is 2. The van der Waals surface area contributed by atoms with Gasteiger partial charge >= 0.3 is 0 Å². The molecule has 0 fully saturated rings. The zero-order valence-corrected chi connectivity index (χ0v) is 20.1. The highest BCUT2D eigenvalue weighted by Crippen LogP contribution is 2.19. The number of fused-ring (bicyclic) bond motifs is 1. The molecule has 2 aromatic carbocycles. The summed E-state index contributed by atoms with van der Waals surface area (Å²) in [7, 11) is 1.48. The Morgan fingerprint density at radius 2 is 1.92 bits per heavy atom. The molecular formula is C27H27N5O4. The predicted octanol–water partition coefficient (Wildman–Crippen LogP) is 3.44. The number of nitrogens with two attached hydrogens (primary N) is 1. The smallest absolute Gasteiger partial charge is 0.261 e. The number of benzene rings is 2. The number of carbonyl (C=O) groups excluding carboxylic acids is 2. The summed E-state index contributed by atoms with van der Waals surface area (Å²) in [6.45, 7) is 2.30. The highest BCUT2D eigenvalue weighted by molar-refractivity contribution is 6.06. The van der Waals surface area contributed by atoms with Crippen LogP contribution in [0.3, 0.4) is 0 Å². The van der Waals surface area contributed by atoms with E-state index in [4.69, 9.17) is 10.5 Å². The molecule has 0 bridgehead atoms. The standard InChI is InChI=1S/C27H27N5O4/c1-16-8-9-18(25(33)29-10-4-6-17-5-3-7-20(28)11-17)13-22(16)31-26(34)21-12-19-15-30-24(36-2)14-23(19)32-27(21)35/h3,5,7-9,11-15H,4,6,10,28H2,1-2H3,(H,29,33)(H,31,34)(H,32,35). The summed E-state index contributed by atoms with van der Waals surface area (Å²) in [5, 5.41) is 6.23. The summed E-state index contributed by atoms with van der Waals surface area (Å²) >= 11 is 0. The molecular weight excluding hydrogens is 458 g/mol. The average Bonchev–Trinajstić information content (AvgIpc) is 2.87. The van der Waals surface area contributed by atoms with E-state index in [0.717, 1.165) is 24.0 Å². The number of nitrogens with zero attached hydrogens (tertiary/aromatic N) is 1. The fourth-order valence-corrected chi connectivity index (χ4v) is 3.79. The lowest BCUT2D eigenvalue weighted by Crippen LogP contribution is -2.26. The van der Waals surface area contributed by atoms with Crippen LogP contribution in [-0.2, 0) is 6.42 Å². The van der Waals surface area contributed by atoms with E-state index < -0.39 is 11.5 Å². The maximum absolute atomic E-state index is 12.9. The first-order valence-corrected chi connectivity index (χ1v) is 11.5. The number of ether oxygens (including phenoxy) is 1. The number of H-pyrrole nitrogens is 1. The average molecular weight is 486 g/mol. The summed E-state index contributed by atoms with van der Waals surface area (Å²) in [5.41, 5.74) is 9.14. The van der Waals surface area contributed by atoms with Crippen molar-refractivity contribution in [2.24, 2.45) is 0 Å². The molecule has 9 heteroatoms. The first-order valence-electron chi connectivity index (χ1n) is 11.5. The van der Waals surface area contributed by atoms with Crippen molar-refractivity contribution in [3.8, 4) is 5.88 Å². The molecule has 2 heterocycles. The topological polar surface area (TPSA) is 139 Å². The zero-order valence-electron chi connectivity index (χ0n) is 20.1. The largest absolute Gasteiger partial charge is 0.481 e. The lowest BCUT2D eigenvalue weighted by molar-refractivity contribution is 0.0951. The van der Waals surface area contributed by atoms with Crippen molar-refractivity contribution in [2.45, 2.75) is 19.8 Å². The molecule has 5 N–H and O–H groups in total. The molecule has 0 atom stereocenters. The van der Waals surface area contributed by atoms with Crippen molar-refractivity contribution in [3.05, 3.63) is 93.4 Å². The molecule has 0 aliphatic carbocycles. The molecule has 9 nitrogen and oxygen atoms in total. The van der Waals surface area contributed by atoms with Crippen LogP contribution < -0.4 is 26.7 Å². The van der Waals surface area contributed by atoms with Crippen LogP contribution in [0.2, 0.25) is 0 Å². The Hall–Kier alpha value is -4.66. The van der Waals surface area contributed by atoms with Crippen LogP contribution in [0.1, 0.15) is 38.3 Å². The number of carbonyl (C=O) groups is 2. The maximum Gasteiger partial charge on any atom is 0.261 e. The maximum atomic E-state index is 12.9. The number of aryl methyl sites for hydroxylation is 2. The van der Waals surface area contributed by atoms with Crippen LogP contribution in [-0.4, -0.2) is 35.4 Å². The summed E-state index contributed by atoms with van der Waals surface area (Å²) in [6.07, 6.45) is 3.07. The number of pyridine rings is 2. The fourth-order valence-electron chi connectivity index (χ4n) is 3.79. The summed E-state index contributed by atoms with van der Waals surface area (Å²) in [6, 6.07) is 15.8. The second-order valence-electron chi connectivity index (χ2n) is 8.41. The molecule has 0 saturated carbocycles. The van der Waals surface area contributed by atoms with Crippen molar-refractivity contribution in [2.75, 3.05) is 24.7 Å². The van der Waals surface area contributed by atoms with Gasteiger partial charge in [0.05, 0.1) is 12.6 Å². The molecule has 4 rings (SSSR count). The third kappa shape index (κ3) is 5.69. The second kappa shape index (κ2) is 10.7. The van der Waals surface area contributed by atoms with Crippen LogP contribution in [0, 0.1) is 6.92 Å². The lowest BCUT2D eigenvalue weighted by atomic mass is 10.1. The molecule has 2 amide bonds. The molecule has 0 radical (unpaired) electrons. The van der Waals surface area contributed by atoms with Crippen LogP contribution in [0.5, 0.6) is 5.88 Å². The van der Waals surface area contributed by atoms with E-state index in [2.05, 4.69) is 20.6 Å². The molecule has 0 unspecified atom stereocenters. The van der Waals surface area contributed by atoms with Gasteiger partial charge in [-0.1, -0.05) is 18.2 Å². The molecule has 4 aromatic rings. The van der Waals surface area contributed by atoms with Crippen LogP contribution in [0.4, 0.5) is 11.4 Å². The monoisotopic (exact) mass is 485 g/mol. The lowest BCUT2D eigenvalue weighted by Gasteiger charge is -2.11. The van der Waals surface area contributed by atoms with Crippen molar-refractivity contribution >= 4 is 34.1 Å². The van der Waals surface area contributed by atoms with Gasteiger partial charge in [0.2, 0.25) is 5.88 Å². The summed E-state index contributed by atoms with van der Waals surface area (Å²) < 4.78 is 5.07. The van der Waals surface area contributed by atoms with Gasteiger partial charge in [-0.25, -0.2) is 4.98 Å². The highest BCUT2D eigenvalue weighted by Gasteiger charge is 2.15. The Morgan fingerprint density at radius 1 is 1.08 bits per heavy atom. The fraction of sp³-hybridized carbons (Fsp3) is 0.185. The SMILES string of the molecule is COc1cc2[nH]c(=O)c(C(=O)Nc3cc(C(=O)NCCCc4cccc(N)c4)ccc3C)cc2cn1. The Morgan fingerprint density at radius 3 is 2.69 bits per heavy atom. The molecule has 0 aliphatic rings. The number of rotatable bonds is 8. The van der Waals surface area contributed by atoms with Gasteiger partial charge in [0, 0.05) is 41.1 Å². The van der Waals surface area contributed by atoms with Crippen molar-refractivity contribution in [3.63, 3.8) is 0 Å². The Labute approximate surface area is 207 Å². The van der Waals surface area contributed by atoms with Crippen molar-refractivity contribution < 1.29 is 14.3 Å². The predicted molar refractivity (Wildman–Crippen MR) is 140 cm³/mol. The molecule has 0 saturated heterocycles. The second-order valence-corrected chi connectivity index (χ2v) is 8.41. The summed E-state index contributed by atoms with van der Waals surface area (Å²) in [5.74, 6) is -0.482. The van der Waals surface area contributed by atoms with E-state index >= 15 is 0 Å². The third-order valence-electron chi connectivity index (χ3n) is 5.78. The van der Waals surface area contributed by atoms with Gasteiger partial charge in [-0.3, -0.25) is 14.4 Å². The minimum atomic E-state index is -0.586. The van der Waals surface area contributed by atoms with E-state index in [0.29, 0.717) is 40.3 Å². The minimum Gasteiger partial charge on any atom is -0.481 e. The molecule has 184 valence electrons. The molecule has 36 heavy (non-hydrogen) atoms. The van der Waals surface area contributed by atoms with E-state index in [1.54, 1.807) is 24.3 Å². The van der Waals surface area contributed by atoms with Gasteiger partial charge in [0.25, 0.3) is 17.4 Å². The van der Waals surface area contributed by atoms with Gasteiger partial charge in [0.1, 0.15) is 5.56 Å². The minimum absolute atomic E-state index is 0.0646. The number of hydrogen-bond acceptors (Lipinski definition) is 6. The van der Waals surface area contributed by atoms with E-state index in [1.165, 1.54) is 19.4 Å². The summed E-state index contributed by atoms with van der Waals surface area (Å²) in [4.78, 5) is 44.9. The van der Waals surface area contributed by atoms with Gasteiger partial charge in [-0.05, 0) is 61.2 Å². The third-order valence-corrected chi connectivity index (χ3v) is 5.78. The number of amides is 2. The van der Waals surface area contributed by atoms with Gasteiger partial charge < -0.3 is 26.1 Å². The van der Waals surface area contributed by atoms with Crippen LogP contribution in [0.25, 0.3) is 10.9 Å². The first kappa shape index (κ1) is 24.5. The van der Waals surface area contributed by atoms with E-state index in [-0.39, 0.29) is 11.5 Å². The molecule has 2 aromatic heterocycles. The Bertz CT molecular complexity index is 1500. The first-order chi connectivity index (χ1) is 17.3. The Kier molecular flexibility index (Phi) is 7.29. The number of aromatic amines is 1. The van der Waals surface area contributed by atoms with Gasteiger partial charge in [-0.15, -0.1) is 0 Å². The molecule has 0 aliphatic heterocycles. The number of aromatic nitrogens is 2. The quantitative estimate of drug-likeness (QED) is 0.223. The zero-order chi connectivity index (χ0) is 25.7. The normalized spacial score (nSPS) is 10.7. The van der Waals surface area contributed by atoms with Crippen LogP contribution >= 0.6 is 0 Å².